The lowest BCUT2D eigenvalue weighted by molar-refractivity contribution is -0.161. The zero-order valence-electron chi connectivity index (χ0n) is 34.1. The lowest BCUT2D eigenvalue weighted by Crippen LogP contribution is -2.29. The van der Waals surface area contributed by atoms with Gasteiger partial charge in [0.2, 0.25) is 0 Å². The van der Waals surface area contributed by atoms with Crippen LogP contribution in [-0.2, 0) is 32.7 Å². The van der Waals surface area contributed by atoms with Crippen molar-refractivity contribution in [2.45, 2.75) is 148 Å². The number of hydrogen-bond acceptors (Lipinski definition) is 8. The van der Waals surface area contributed by atoms with Crippen molar-refractivity contribution in [3.05, 3.63) is 97.2 Å². The van der Waals surface area contributed by atoms with E-state index < -0.39 is 32.5 Å². The summed E-state index contributed by atoms with van der Waals surface area (Å²) in [5.41, 5.74) is 5.34. The fraction of sp³-hybridized carbons (Fsp3) is 0.600. The average Bonchev–Trinajstić information content (AvgIpc) is 3.17. The monoisotopic (exact) mass is 788 g/mol. The molecule has 0 aliphatic rings. The largest absolute Gasteiger partial charge is 0.472 e. The number of carbonyl (C=O) groups excluding carboxylic acids is 2. The SMILES string of the molecule is CCC=CCC=CCC=CCC=CCC=CCCCCCC(=O)OCC(COP(=O)(O)OCCN)OC(=O)CCCCC=CCC=CCC=CCCCCC. The number of phosphoric ester groups is 1. The maximum atomic E-state index is 12.5. The zero-order chi connectivity index (χ0) is 40.3. The smallest absolute Gasteiger partial charge is 0.462 e. The first-order valence-corrected chi connectivity index (χ1v) is 22.2. The Kier molecular flexibility index (Phi) is 38.3. The standard InChI is InChI=1S/C45H74NO8P/c1-3-5-7-9-11-13-15-17-19-20-21-22-24-25-27-29-31-33-35-37-44(47)51-41-43(42-53-55(49,50)52-40-39-46)54-45(48)38-36-34-32-30-28-26-23-18-16-14-12-10-8-6-4-2/h5,7,11-14,17-19,21-23,25,27-28,30,43H,3-4,6,8-10,15-16,20,24,26,29,31-42,46H2,1-2H3,(H,49,50). The van der Waals surface area contributed by atoms with Gasteiger partial charge >= 0.3 is 19.8 Å². The van der Waals surface area contributed by atoms with E-state index in [0.717, 1.165) is 83.5 Å². The topological polar surface area (TPSA) is 134 Å². The highest BCUT2D eigenvalue weighted by Gasteiger charge is 2.25. The van der Waals surface area contributed by atoms with Crippen molar-refractivity contribution in [3.8, 4) is 0 Å². The number of carbonyl (C=O) groups is 2. The van der Waals surface area contributed by atoms with E-state index in [0.29, 0.717) is 12.8 Å². The van der Waals surface area contributed by atoms with E-state index in [4.69, 9.17) is 24.3 Å². The predicted octanol–water partition coefficient (Wildman–Crippen LogP) is 11.8. The second-order valence-electron chi connectivity index (χ2n) is 13.1. The number of rotatable bonds is 37. The minimum Gasteiger partial charge on any atom is -0.462 e. The maximum Gasteiger partial charge on any atom is 0.472 e. The Balaban J connectivity index is 4.33. The molecular weight excluding hydrogens is 713 g/mol. The van der Waals surface area contributed by atoms with Crippen LogP contribution >= 0.6 is 7.82 Å². The van der Waals surface area contributed by atoms with Gasteiger partial charge in [0, 0.05) is 19.4 Å². The molecule has 0 spiro atoms. The van der Waals surface area contributed by atoms with Crippen LogP contribution < -0.4 is 5.73 Å². The molecule has 0 heterocycles. The van der Waals surface area contributed by atoms with Gasteiger partial charge in [0.15, 0.2) is 6.10 Å². The van der Waals surface area contributed by atoms with Gasteiger partial charge in [-0.05, 0) is 96.3 Å². The summed E-state index contributed by atoms with van der Waals surface area (Å²) in [6.07, 6.45) is 51.5. The lowest BCUT2D eigenvalue weighted by atomic mass is 10.1. The summed E-state index contributed by atoms with van der Waals surface area (Å²) < 4.78 is 32.7. The third-order valence-corrected chi connectivity index (χ3v) is 8.94. The molecule has 0 aromatic carbocycles. The van der Waals surface area contributed by atoms with Crippen molar-refractivity contribution < 1.29 is 37.6 Å². The van der Waals surface area contributed by atoms with Crippen LogP contribution in [0.2, 0.25) is 0 Å². The van der Waals surface area contributed by atoms with Crippen molar-refractivity contribution in [1.82, 2.24) is 0 Å². The number of nitrogens with two attached hydrogens (primary N) is 1. The second kappa shape index (κ2) is 40.6. The van der Waals surface area contributed by atoms with Crippen LogP contribution in [0.5, 0.6) is 0 Å². The molecule has 0 rings (SSSR count). The van der Waals surface area contributed by atoms with Gasteiger partial charge in [-0.15, -0.1) is 0 Å². The van der Waals surface area contributed by atoms with E-state index >= 15 is 0 Å². The first kappa shape index (κ1) is 51.9. The molecule has 10 heteroatoms. The van der Waals surface area contributed by atoms with E-state index in [1.807, 2.05) is 0 Å². The summed E-state index contributed by atoms with van der Waals surface area (Å²) in [4.78, 5) is 34.8. The molecule has 0 saturated heterocycles. The van der Waals surface area contributed by atoms with E-state index in [9.17, 15) is 19.0 Å². The Hall–Kier alpha value is -3.07. The maximum absolute atomic E-state index is 12.5. The Morgan fingerprint density at radius 3 is 1.49 bits per heavy atom. The number of allylic oxidation sites excluding steroid dienone is 16. The van der Waals surface area contributed by atoms with Crippen LogP contribution in [-0.4, -0.2) is 49.3 Å². The van der Waals surface area contributed by atoms with Crippen LogP contribution in [0.4, 0.5) is 0 Å². The van der Waals surface area contributed by atoms with E-state index in [-0.39, 0.29) is 32.6 Å². The van der Waals surface area contributed by atoms with Gasteiger partial charge in [0.1, 0.15) is 6.61 Å². The van der Waals surface area contributed by atoms with Crippen LogP contribution in [0, 0.1) is 0 Å². The average molecular weight is 788 g/mol. The quantitative estimate of drug-likeness (QED) is 0.0273. The molecule has 55 heavy (non-hydrogen) atoms. The van der Waals surface area contributed by atoms with E-state index in [2.05, 4.69) is 111 Å². The number of hydrogen-bond donors (Lipinski definition) is 2. The van der Waals surface area contributed by atoms with Crippen molar-refractivity contribution in [3.63, 3.8) is 0 Å². The number of esters is 2. The van der Waals surface area contributed by atoms with Gasteiger partial charge in [-0.2, -0.15) is 0 Å². The summed E-state index contributed by atoms with van der Waals surface area (Å²) in [6, 6.07) is 0. The lowest BCUT2D eigenvalue weighted by Gasteiger charge is -2.19. The third-order valence-electron chi connectivity index (χ3n) is 7.95. The summed E-state index contributed by atoms with van der Waals surface area (Å²) in [7, 11) is -4.40. The summed E-state index contributed by atoms with van der Waals surface area (Å²) >= 11 is 0. The fourth-order valence-electron chi connectivity index (χ4n) is 4.90. The summed E-state index contributed by atoms with van der Waals surface area (Å²) in [5.74, 6) is -0.923. The molecule has 0 aromatic rings. The highest BCUT2D eigenvalue weighted by Crippen LogP contribution is 2.43. The molecule has 312 valence electrons. The first-order chi connectivity index (χ1) is 26.8. The van der Waals surface area contributed by atoms with Crippen LogP contribution in [0.1, 0.15) is 142 Å². The molecule has 0 aliphatic heterocycles. The van der Waals surface area contributed by atoms with Gasteiger partial charge in [0.05, 0.1) is 13.2 Å². The van der Waals surface area contributed by atoms with Gasteiger partial charge < -0.3 is 20.1 Å². The van der Waals surface area contributed by atoms with Crippen LogP contribution in [0.3, 0.4) is 0 Å². The van der Waals surface area contributed by atoms with E-state index in [1.165, 1.54) is 19.3 Å². The minimum absolute atomic E-state index is 0.0367. The molecular formula is C45H74NO8P. The Morgan fingerprint density at radius 1 is 0.564 bits per heavy atom. The van der Waals surface area contributed by atoms with Gasteiger partial charge in [-0.3, -0.25) is 18.6 Å². The zero-order valence-corrected chi connectivity index (χ0v) is 35.0. The van der Waals surface area contributed by atoms with Gasteiger partial charge in [-0.1, -0.05) is 130 Å². The van der Waals surface area contributed by atoms with Crippen LogP contribution in [0.15, 0.2) is 97.2 Å². The predicted molar refractivity (Wildman–Crippen MR) is 228 cm³/mol. The summed E-state index contributed by atoms with van der Waals surface area (Å²) in [6.45, 7) is 3.47. The number of phosphoric acid groups is 1. The van der Waals surface area contributed by atoms with Crippen molar-refractivity contribution in [1.29, 1.82) is 0 Å². The molecule has 0 saturated carbocycles. The van der Waals surface area contributed by atoms with Crippen molar-refractivity contribution in [2.75, 3.05) is 26.4 Å². The number of unbranched alkanes of at least 4 members (excludes halogenated alkanes) is 8. The molecule has 3 N–H and O–H groups in total. The molecule has 0 radical (unpaired) electrons. The van der Waals surface area contributed by atoms with Crippen LogP contribution in [0.25, 0.3) is 0 Å². The Morgan fingerprint density at radius 2 is 1.00 bits per heavy atom. The Bertz CT molecular complexity index is 1220. The van der Waals surface area contributed by atoms with Crippen molar-refractivity contribution in [2.24, 2.45) is 5.73 Å². The molecule has 2 unspecified atom stereocenters. The molecule has 2 atom stereocenters. The minimum atomic E-state index is -4.40. The second-order valence-corrected chi connectivity index (χ2v) is 14.6. The fourth-order valence-corrected chi connectivity index (χ4v) is 5.67. The highest BCUT2D eigenvalue weighted by atomic mass is 31.2. The van der Waals surface area contributed by atoms with E-state index in [1.54, 1.807) is 0 Å². The summed E-state index contributed by atoms with van der Waals surface area (Å²) in [5, 5.41) is 0. The van der Waals surface area contributed by atoms with Gasteiger partial charge in [-0.25, -0.2) is 4.57 Å². The number of ether oxygens (including phenoxy) is 2. The normalized spacial score (nSPS) is 14.3. The molecule has 0 aromatic heterocycles. The highest BCUT2D eigenvalue weighted by molar-refractivity contribution is 7.47. The molecule has 0 fully saturated rings. The molecule has 0 bridgehead atoms. The third kappa shape index (κ3) is 40.4. The first-order valence-electron chi connectivity index (χ1n) is 20.7. The molecule has 9 nitrogen and oxygen atoms in total. The van der Waals surface area contributed by atoms with Gasteiger partial charge in [0.25, 0.3) is 0 Å². The molecule has 0 aliphatic carbocycles. The van der Waals surface area contributed by atoms with Crippen molar-refractivity contribution >= 4 is 19.8 Å². The molecule has 0 amide bonds. The Labute approximate surface area is 334 Å².